The van der Waals surface area contributed by atoms with Crippen LogP contribution in [0, 0.1) is 0 Å². The number of furan rings is 1. The molecule has 0 bridgehead atoms. The standard InChI is InChI=1S/C14H19N3O2/c18-7-6-17-14-5-1-4-13(12(14)10-16-17)15-9-11-3-2-8-19-11/h2-3,8,10,13,15,18H,1,4-7,9H2. The van der Waals surface area contributed by atoms with Gasteiger partial charge in [-0.05, 0) is 31.4 Å². The van der Waals surface area contributed by atoms with E-state index in [9.17, 15) is 0 Å². The highest BCUT2D eigenvalue weighted by molar-refractivity contribution is 5.25. The van der Waals surface area contributed by atoms with E-state index in [1.54, 1.807) is 6.26 Å². The van der Waals surface area contributed by atoms with Crippen molar-refractivity contribution in [2.75, 3.05) is 6.61 Å². The number of hydrogen-bond acceptors (Lipinski definition) is 4. The molecule has 3 rings (SSSR count). The number of aliphatic hydroxyl groups excluding tert-OH is 1. The van der Waals surface area contributed by atoms with Crippen LogP contribution in [0.4, 0.5) is 0 Å². The van der Waals surface area contributed by atoms with Gasteiger partial charge in [-0.2, -0.15) is 5.10 Å². The summed E-state index contributed by atoms with van der Waals surface area (Å²) in [5.74, 6) is 0.954. The summed E-state index contributed by atoms with van der Waals surface area (Å²) in [6.45, 7) is 1.46. The van der Waals surface area contributed by atoms with Gasteiger partial charge in [0.1, 0.15) is 5.76 Å². The fraction of sp³-hybridized carbons (Fsp3) is 0.500. The van der Waals surface area contributed by atoms with Crippen LogP contribution in [0.25, 0.3) is 0 Å². The molecule has 2 aromatic heterocycles. The van der Waals surface area contributed by atoms with Crippen molar-refractivity contribution in [1.29, 1.82) is 0 Å². The minimum atomic E-state index is 0.138. The normalized spacial score (nSPS) is 18.5. The smallest absolute Gasteiger partial charge is 0.117 e. The number of aliphatic hydroxyl groups is 1. The average Bonchev–Trinajstić information content (AvgIpc) is 3.07. The van der Waals surface area contributed by atoms with Gasteiger partial charge in [-0.25, -0.2) is 0 Å². The molecule has 1 unspecified atom stereocenters. The van der Waals surface area contributed by atoms with Crippen LogP contribution < -0.4 is 5.32 Å². The van der Waals surface area contributed by atoms with Crippen LogP contribution in [-0.2, 0) is 19.5 Å². The molecule has 1 aliphatic rings. The zero-order valence-electron chi connectivity index (χ0n) is 10.9. The van der Waals surface area contributed by atoms with Gasteiger partial charge < -0.3 is 14.8 Å². The summed E-state index contributed by atoms with van der Waals surface area (Å²) < 4.78 is 7.27. The number of rotatable bonds is 5. The molecule has 2 aromatic rings. The van der Waals surface area contributed by atoms with Gasteiger partial charge >= 0.3 is 0 Å². The summed E-state index contributed by atoms with van der Waals surface area (Å²) in [5.41, 5.74) is 2.53. The maximum atomic E-state index is 9.05. The quantitative estimate of drug-likeness (QED) is 0.858. The third-order valence-corrected chi connectivity index (χ3v) is 3.68. The van der Waals surface area contributed by atoms with E-state index >= 15 is 0 Å². The first-order valence-electron chi connectivity index (χ1n) is 6.79. The Morgan fingerprint density at radius 2 is 2.47 bits per heavy atom. The van der Waals surface area contributed by atoms with Crippen molar-refractivity contribution < 1.29 is 9.52 Å². The van der Waals surface area contributed by atoms with Crippen LogP contribution in [0.15, 0.2) is 29.0 Å². The molecule has 0 aromatic carbocycles. The lowest BCUT2D eigenvalue weighted by Gasteiger charge is -2.24. The van der Waals surface area contributed by atoms with Gasteiger partial charge in [0.15, 0.2) is 0 Å². The molecule has 0 saturated carbocycles. The second-order valence-corrected chi connectivity index (χ2v) is 4.90. The minimum Gasteiger partial charge on any atom is -0.468 e. The maximum Gasteiger partial charge on any atom is 0.117 e. The van der Waals surface area contributed by atoms with Crippen LogP contribution >= 0.6 is 0 Å². The fourth-order valence-corrected chi connectivity index (χ4v) is 2.76. The Hall–Kier alpha value is -1.59. The number of fused-ring (bicyclic) bond motifs is 1. The van der Waals surface area contributed by atoms with Crippen LogP contribution in [0.2, 0.25) is 0 Å². The van der Waals surface area contributed by atoms with Crippen molar-refractivity contribution in [3.05, 3.63) is 41.6 Å². The van der Waals surface area contributed by atoms with Crippen LogP contribution in [0.1, 0.15) is 35.9 Å². The van der Waals surface area contributed by atoms with E-state index in [-0.39, 0.29) is 6.61 Å². The highest BCUT2D eigenvalue weighted by atomic mass is 16.3. The molecule has 2 N–H and O–H groups in total. The molecule has 2 heterocycles. The monoisotopic (exact) mass is 261 g/mol. The molecule has 102 valence electrons. The van der Waals surface area contributed by atoms with E-state index in [0.29, 0.717) is 12.6 Å². The van der Waals surface area contributed by atoms with Crippen LogP contribution in [0.5, 0.6) is 0 Å². The third-order valence-electron chi connectivity index (χ3n) is 3.68. The molecule has 0 fully saturated rings. The summed E-state index contributed by atoms with van der Waals surface area (Å²) in [7, 11) is 0. The number of aromatic nitrogens is 2. The number of nitrogens with zero attached hydrogens (tertiary/aromatic N) is 2. The molecule has 0 radical (unpaired) electrons. The second kappa shape index (κ2) is 5.59. The summed E-state index contributed by atoms with van der Waals surface area (Å²) in [4.78, 5) is 0. The predicted octanol–water partition coefficient (Wildman–Crippen LogP) is 1.64. The topological polar surface area (TPSA) is 63.2 Å². The van der Waals surface area contributed by atoms with Gasteiger partial charge in [0.05, 0.1) is 32.2 Å². The first-order chi connectivity index (χ1) is 9.38. The van der Waals surface area contributed by atoms with E-state index in [0.717, 1.165) is 31.6 Å². The molecule has 1 atom stereocenters. The number of hydrogen-bond donors (Lipinski definition) is 2. The molecule has 0 saturated heterocycles. The largest absolute Gasteiger partial charge is 0.468 e. The Balaban J connectivity index is 1.71. The summed E-state index contributed by atoms with van der Waals surface area (Å²) in [6.07, 6.45) is 6.96. The van der Waals surface area contributed by atoms with Crippen molar-refractivity contribution in [2.45, 2.75) is 38.4 Å². The van der Waals surface area contributed by atoms with E-state index in [2.05, 4.69) is 10.4 Å². The van der Waals surface area contributed by atoms with Crippen molar-refractivity contribution >= 4 is 0 Å². The van der Waals surface area contributed by atoms with Crippen molar-refractivity contribution in [3.8, 4) is 0 Å². The van der Waals surface area contributed by atoms with Gasteiger partial charge in [0.2, 0.25) is 0 Å². The molecule has 5 heteroatoms. The zero-order valence-corrected chi connectivity index (χ0v) is 10.9. The van der Waals surface area contributed by atoms with Gasteiger partial charge in [-0.15, -0.1) is 0 Å². The molecule has 0 spiro atoms. The summed E-state index contributed by atoms with van der Waals surface area (Å²) in [5, 5.41) is 16.9. The Labute approximate surface area is 112 Å². The SMILES string of the molecule is OCCn1ncc2c1CCCC2NCc1ccco1. The first-order valence-corrected chi connectivity index (χ1v) is 6.79. The molecule has 0 aliphatic heterocycles. The minimum absolute atomic E-state index is 0.138. The molecular weight excluding hydrogens is 242 g/mol. The molecule has 19 heavy (non-hydrogen) atoms. The van der Waals surface area contributed by atoms with E-state index in [4.69, 9.17) is 9.52 Å². The molecule has 5 nitrogen and oxygen atoms in total. The van der Waals surface area contributed by atoms with Gasteiger partial charge in [0, 0.05) is 17.3 Å². The summed E-state index contributed by atoms with van der Waals surface area (Å²) in [6, 6.07) is 4.22. The number of nitrogens with one attached hydrogen (secondary N) is 1. The van der Waals surface area contributed by atoms with Crippen LogP contribution in [0.3, 0.4) is 0 Å². The molecule has 1 aliphatic carbocycles. The predicted molar refractivity (Wildman–Crippen MR) is 70.5 cm³/mol. The summed E-state index contributed by atoms with van der Waals surface area (Å²) >= 11 is 0. The van der Waals surface area contributed by atoms with Crippen LogP contribution in [-0.4, -0.2) is 21.5 Å². The zero-order chi connectivity index (χ0) is 13.1. The molecule has 0 amide bonds. The first kappa shape index (κ1) is 12.4. The Morgan fingerprint density at radius 3 is 3.26 bits per heavy atom. The lowest BCUT2D eigenvalue weighted by atomic mass is 9.93. The second-order valence-electron chi connectivity index (χ2n) is 4.90. The Kier molecular flexibility index (Phi) is 3.66. The highest BCUT2D eigenvalue weighted by Crippen LogP contribution is 2.29. The lowest BCUT2D eigenvalue weighted by molar-refractivity contribution is 0.266. The maximum absolute atomic E-state index is 9.05. The van der Waals surface area contributed by atoms with Crippen molar-refractivity contribution in [1.82, 2.24) is 15.1 Å². The van der Waals surface area contributed by atoms with Crippen molar-refractivity contribution in [3.63, 3.8) is 0 Å². The van der Waals surface area contributed by atoms with E-state index < -0.39 is 0 Å². The average molecular weight is 261 g/mol. The Bertz CT molecular complexity index is 519. The van der Waals surface area contributed by atoms with Gasteiger partial charge in [-0.1, -0.05) is 0 Å². The van der Waals surface area contributed by atoms with Gasteiger partial charge in [0.25, 0.3) is 0 Å². The molecular formula is C14H19N3O2. The fourth-order valence-electron chi connectivity index (χ4n) is 2.76. The highest BCUT2D eigenvalue weighted by Gasteiger charge is 2.23. The third kappa shape index (κ3) is 2.57. The van der Waals surface area contributed by atoms with E-state index in [1.165, 1.54) is 11.3 Å². The van der Waals surface area contributed by atoms with Gasteiger partial charge in [-0.3, -0.25) is 4.68 Å². The lowest BCUT2D eigenvalue weighted by Crippen LogP contribution is -2.25. The van der Waals surface area contributed by atoms with Crippen molar-refractivity contribution in [2.24, 2.45) is 0 Å². The Morgan fingerprint density at radius 1 is 1.53 bits per heavy atom. The van der Waals surface area contributed by atoms with E-state index in [1.807, 2.05) is 23.0 Å².